The van der Waals surface area contributed by atoms with Gasteiger partial charge in [-0.1, -0.05) is 43.7 Å². The molecule has 1 unspecified atom stereocenters. The Bertz CT molecular complexity index is 567. The van der Waals surface area contributed by atoms with Crippen LogP contribution in [0.5, 0.6) is 0 Å². The van der Waals surface area contributed by atoms with Crippen LogP contribution in [0.4, 0.5) is 0 Å². The Morgan fingerprint density at radius 1 is 1.27 bits per heavy atom. The highest BCUT2D eigenvalue weighted by Gasteiger charge is 2.34. The molecule has 0 aromatic heterocycles. The topological polar surface area (TPSA) is 65.9 Å². The van der Waals surface area contributed by atoms with Crippen molar-refractivity contribution in [2.75, 3.05) is 40.0 Å². The van der Waals surface area contributed by atoms with Crippen LogP contribution >= 0.6 is 24.0 Å². The van der Waals surface area contributed by atoms with Crippen molar-refractivity contribution in [2.24, 2.45) is 10.4 Å². The van der Waals surface area contributed by atoms with E-state index in [1.807, 2.05) is 0 Å². The van der Waals surface area contributed by atoms with E-state index in [1.54, 1.807) is 7.05 Å². The van der Waals surface area contributed by atoms with Crippen molar-refractivity contribution in [1.29, 1.82) is 0 Å². The molecule has 1 heterocycles. The van der Waals surface area contributed by atoms with Gasteiger partial charge in [0.25, 0.3) is 0 Å². The molecule has 1 aliphatic rings. The number of aryl methyl sites for hydroxylation is 1. The minimum absolute atomic E-state index is 0. The summed E-state index contributed by atoms with van der Waals surface area (Å²) in [5, 5.41) is 16.2. The van der Waals surface area contributed by atoms with Gasteiger partial charge in [-0.25, -0.2) is 0 Å². The molecular weight excluding hydrogens is 441 g/mol. The molecule has 3 N–H and O–H groups in total. The van der Waals surface area contributed by atoms with Crippen LogP contribution < -0.4 is 10.6 Å². The van der Waals surface area contributed by atoms with E-state index in [0.29, 0.717) is 6.61 Å². The van der Waals surface area contributed by atoms with Crippen LogP contribution in [0, 0.1) is 12.3 Å². The van der Waals surface area contributed by atoms with Crippen LogP contribution in [-0.2, 0) is 10.2 Å². The zero-order valence-corrected chi connectivity index (χ0v) is 18.8. The predicted molar refractivity (Wildman–Crippen MR) is 119 cm³/mol. The molecular formula is C20H34IN3O2. The van der Waals surface area contributed by atoms with E-state index in [1.165, 1.54) is 11.1 Å². The van der Waals surface area contributed by atoms with E-state index in [9.17, 15) is 5.11 Å². The smallest absolute Gasteiger partial charge is 0.191 e. The van der Waals surface area contributed by atoms with Crippen LogP contribution in [0.25, 0.3) is 0 Å². The molecule has 0 aliphatic carbocycles. The maximum atomic E-state index is 9.34. The predicted octanol–water partition coefficient (Wildman–Crippen LogP) is 2.84. The van der Waals surface area contributed by atoms with Crippen LogP contribution in [-0.4, -0.2) is 51.0 Å². The standard InChI is InChI=1S/C20H33N3O2.HI/c1-16-5-7-17(8-6-16)19(2,3)13-22-18(21-4)23-14-20(9-11-24)10-12-25-15-20;/h5-8,24H,9-15H2,1-4H3,(H2,21,22,23);1H. The van der Waals surface area contributed by atoms with Crippen LogP contribution in [0.1, 0.15) is 37.8 Å². The SMILES string of the molecule is CN=C(NCC1(CCO)CCOC1)NCC(C)(C)c1ccc(C)cc1.I. The molecule has 1 fully saturated rings. The summed E-state index contributed by atoms with van der Waals surface area (Å²) >= 11 is 0. The van der Waals surface area contributed by atoms with Gasteiger partial charge in [0.1, 0.15) is 0 Å². The number of rotatable bonds is 7. The second kappa shape index (κ2) is 10.5. The summed E-state index contributed by atoms with van der Waals surface area (Å²) in [6.45, 7) is 9.79. The van der Waals surface area contributed by atoms with Crippen LogP contribution in [0.2, 0.25) is 0 Å². The van der Waals surface area contributed by atoms with Crippen molar-refractivity contribution in [3.8, 4) is 0 Å². The first-order valence-corrected chi connectivity index (χ1v) is 9.11. The van der Waals surface area contributed by atoms with Crippen LogP contribution in [0.15, 0.2) is 29.3 Å². The van der Waals surface area contributed by atoms with Gasteiger partial charge >= 0.3 is 0 Å². The van der Waals surface area contributed by atoms with Gasteiger partial charge < -0.3 is 20.5 Å². The van der Waals surface area contributed by atoms with E-state index >= 15 is 0 Å². The maximum absolute atomic E-state index is 9.34. The zero-order valence-electron chi connectivity index (χ0n) is 16.5. The van der Waals surface area contributed by atoms with E-state index in [4.69, 9.17) is 4.74 Å². The highest BCUT2D eigenvalue weighted by Crippen LogP contribution is 2.31. The molecule has 1 aliphatic heterocycles. The van der Waals surface area contributed by atoms with Crippen molar-refractivity contribution in [1.82, 2.24) is 10.6 Å². The fourth-order valence-electron chi connectivity index (χ4n) is 3.22. The van der Waals surface area contributed by atoms with E-state index in [-0.39, 0.29) is 41.4 Å². The number of aliphatic imine (C=N–C) groups is 1. The van der Waals surface area contributed by atoms with Gasteiger partial charge in [0.05, 0.1) is 6.61 Å². The number of benzene rings is 1. The van der Waals surface area contributed by atoms with Gasteiger partial charge in [-0.3, -0.25) is 4.99 Å². The largest absolute Gasteiger partial charge is 0.396 e. The lowest BCUT2D eigenvalue weighted by Gasteiger charge is -2.30. The summed E-state index contributed by atoms with van der Waals surface area (Å²) in [6, 6.07) is 8.70. The molecule has 2 rings (SSSR count). The van der Waals surface area contributed by atoms with Crippen LogP contribution in [0.3, 0.4) is 0 Å². The van der Waals surface area contributed by atoms with E-state index < -0.39 is 0 Å². The number of nitrogens with zero attached hydrogens (tertiary/aromatic N) is 1. The monoisotopic (exact) mass is 475 g/mol. The van der Waals surface area contributed by atoms with Gasteiger partial charge in [0.2, 0.25) is 0 Å². The third-order valence-electron chi connectivity index (χ3n) is 5.21. The summed E-state index contributed by atoms with van der Waals surface area (Å²) in [5.41, 5.74) is 2.60. The number of hydrogen-bond donors (Lipinski definition) is 3. The van der Waals surface area contributed by atoms with Crippen molar-refractivity contribution < 1.29 is 9.84 Å². The Kier molecular flexibility index (Phi) is 9.33. The Hall–Kier alpha value is -0.860. The summed E-state index contributed by atoms with van der Waals surface area (Å²) in [4.78, 5) is 4.34. The van der Waals surface area contributed by atoms with Crippen molar-refractivity contribution in [3.05, 3.63) is 35.4 Å². The van der Waals surface area contributed by atoms with E-state index in [0.717, 1.165) is 38.5 Å². The lowest BCUT2D eigenvalue weighted by molar-refractivity contribution is 0.127. The Balaban J connectivity index is 0.00000338. The number of hydrogen-bond acceptors (Lipinski definition) is 3. The first-order chi connectivity index (χ1) is 11.9. The molecule has 1 aromatic rings. The summed E-state index contributed by atoms with van der Waals surface area (Å²) in [7, 11) is 1.79. The molecule has 5 nitrogen and oxygen atoms in total. The highest BCUT2D eigenvalue weighted by molar-refractivity contribution is 14.0. The lowest BCUT2D eigenvalue weighted by atomic mass is 9.84. The number of aliphatic hydroxyl groups is 1. The number of guanidine groups is 1. The Labute approximate surface area is 175 Å². The number of aliphatic hydroxyl groups excluding tert-OH is 1. The molecule has 1 atom stereocenters. The summed E-state index contributed by atoms with van der Waals surface area (Å²) in [5.74, 6) is 0.796. The molecule has 0 spiro atoms. The van der Waals surface area contributed by atoms with Crippen molar-refractivity contribution in [3.63, 3.8) is 0 Å². The quantitative estimate of drug-likeness (QED) is 0.323. The molecule has 0 saturated carbocycles. The minimum Gasteiger partial charge on any atom is -0.396 e. The summed E-state index contributed by atoms with van der Waals surface area (Å²) in [6.07, 6.45) is 1.73. The second-order valence-corrected chi connectivity index (χ2v) is 7.81. The van der Waals surface area contributed by atoms with Gasteiger partial charge in [-0.05, 0) is 25.3 Å². The third-order valence-corrected chi connectivity index (χ3v) is 5.21. The van der Waals surface area contributed by atoms with Gasteiger partial charge in [0.15, 0.2) is 5.96 Å². The fourth-order valence-corrected chi connectivity index (χ4v) is 3.22. The minimum atomic E-state index is 0. The second-order valence-electron chi connectivity index (χ2n) is 7.81. The van der Waals surface area contributed by atoms with Crippen molar-refractivity contribution in [2.45, 2.75) is 39.0 Å². The highest BCUT2D eigenvalue weighted by atomic mass is 127. The number of nitrogens with one attached hydrogen (secondary N) is 2. The summed E-state index contributed by atoms with van der Waals surface area (Å²) < 4.78 is 5.55. The molecule has 148 valence electrons. The average molecular weight is 475 g/mol. The van der Waals surface area contributed by atoms with Gasteiger partial charge in [0, 0.05) is 44.2 Å². The Morgan fingerprint density at radius 3 is 2.50 bits per heavy atom. The maximum Gasteiger partial charge on any atom is 0.191 e. The van der Waals surface area contributed by atoms with Gasteiger partial charge in [-0.2, -0.15) is 0 Å². The van der Waals surface area contributed by atoms with Gasteiger partial charge in [-0.15, -0.1) is 24.0 Å². The molecule has 0 radical (unpaired) electrons. The number of ether oxygens (including phenoxy) is 1. The molecule has 0 bridgehead atoms. The molecule has 1 aromatic carbocycles. The Morgan fingerprint density at radius 2 is 1.96 bits per heavy atom. The third kappa shape index (κ3) is 6.39. The molecule has 6 heteroatoms. The molecule has 26 heavy (non-hydrogen) atoms. The number of halogens is 1. The average Bonchev–Trinajstić information content (AvgIpc) is 3.04. The normalized spacial score (nSPS) is 20.6. The fraction of sp³-hybridized carbons (Fsp3) is 0.650. The molecule has 1 saturated heterocycles. The zero-order chi connectivity index (χ0) is 18.3. The first-order valence-electron chi connectivity index (χ1n) is 9.11. The lowest BCUT2D eigenvalue weighted by Crippen LogP contribution is -2.47. The van der Waals surface area contributed by atoms with E-state index in [2.05, 4.69) is 60.7 Å². The first kappa shape index (κ1) is 23.2. The van der Waals surface area contributed by atoms with Crippen molar-refractivity contribution >= 4 is 29.9 Å². The molecule has 0 amide bonds.